The van der Waals surface area contributed by atoms with Crippen molar-refractivity contribution in [3.05, 3.63) is 34.9 Å². The first-order valence-electron chi connectivity index (χ1n) is 3.83. The summed E-state index contributed by atoms with van der Waals surface area (Å²) in [5, 5.41) is 9.16. The van der Waals surface area contributed by atoms with E-state index in [1.165, 1.54) is 0 Å². The van der Waals surface area contributed by atoms with Gasteiger partial charge in [-0.1, -0.05) is 29.8 Å². The van der Waals surface area contributed by atoms with E-state index in [0.717, 1.165) is 5.56 Å². The Bertz CT molecular complexity index is 350. The predicted molar refractivity (Wildman–Crippen MR) is 46.7 cm³/mol. The Balaban J connectivity index is 2.21. The summed E-state index contributed by atoms with van der Waals surface area (Å²) in [5.41, 5.74) is 0.747. The van der Waals surface area contributed by atoms with Gasteiger partial charge in [0.1, 0.15) is 6.10 Å². The molecule has 68 valence electrons. The molecular formula is C9H7ClO3. The number of rotatable bonds is 2. The van der Waals surface area contributed by atoms with Crippen LogP contribution in [0.25, 0.3) is 0 Å². The molecule has 1 fully saturated rings. The average Bonchev–Trinajstić information content (AvgIpc) is 2.84. The fourth-order valence-electron chi connectivity index (χ4n) is 1.24. The first-order chi connectivity index (χ1) is 6.20. The molecule has 4 heteroatoms. The van der Waals surface area contributed by atoms with E-state index in [-0.39, 0.29) is 6.10 Å². The molecule has 0 spiro atoms. The van der Waals surface area contributed by atoms with Gasteiger partial charge in [0.25, 0.3) is 0 Å². The third kappa shape index (κ3) is 1.53. The molecule has 13 heavy (non-hydrogen) atoms. The van der Waals surface area contributed by atoms with Crippen molar-refractivity contribution in [2.75, 3.05) is 0 Å². The summed E-state index contributed by atoms with van der Waals surface area (Å²) in [4.78, 5) is 10.5. The molecule has 2 rings (SSSR count). The standard InChI is InChI=1S/C9H7ClO3/c10-6-4-2-1-3-5(6)7-8(13-7)9(11)12/h1-4,7-8H,(H,11,12)/t7-,8+/m0/s1. The molecule has 1 N–H and O–H groups in total. The van der Waals surface area contributed by atoms with Crippen LogP contribution in [0.3, 0.4) is 0 Å². The summed E-state index contributed by atoms with van der Waals surface area (Å²) in [6, 6.07) is 7.10. The third-order valence-electron chi connectivity index (χ3n) is 1.95. The lowest BCUT2D eigenvalue weighted by Gasteiger charge is -1.97. The van der Waals surface area contributed by atoms with Crippen LogP contribution in [0.5, 0.6) is 0 Å². The number of aliphatic carboxylic acids is 1. The Morgan fingerprint density at radius 2 is 2.15 bits per heavy atom. The lowest BCUT2D eigenvalue weighted by atomic mass is 10.1. The highest BCUT2D eigenvalue weighted by atomic mass is 35.5. The minimum absolute atomic E-state index is 0.369. The quantitative estimate of drug-likeness (QED) is 0.738. The zero-order valence-corrected chi connectivity index (χ0v) is 7.36. The van der Waals surface area contributed by atoms with Crippen LogP contribution in [0, 0.1) is 0 Å². The van der Waals surface area contributed by atoms with E-state index in [2.05, 4.69) is 0 Å². The average molecular weight is 199 g/mol. The maximum absolute atomic E-state index is 10.5. The minimum Gasteiger partial charge on any atom is -0.479 e. The van der Waals surface area contributed by atoms with Crippen molar-refractivity contribution in [3.63, 3.8) is 0 Å². The molecule has 0 saturated carbocycles. The molecule has 0 radical (unpaired) electrons. The van der Waals surface area contributed by atoms with Crippen molar-refractivity contribution < 1.29 is 14.6 Å². The number of epoxide rings is 1. The van der Waals surface area contributed by atoms with Crippen molar-refractivity contribution >= 4 is 17.6 Å². The number of carboxylic acids is 1. The Kier molecular flexibility index (Phi) is 1.98. The van der Waals surface area contributed by atoms with E-state index in [4.69, 9.17) is 21.4 Å². The zero-order valence-electron chi connectivity index (χ0n) is 6.61. The summed E-state index contributed by atoms with van der Waals surface area (Å²) in [6.07, 6.45) is -1.09. The Morgan fingerprint density at radius 1 is 1.46 bits per heavy atom. The highest BCUT2D eigenvalue weighted by Gasteiger charge is 2.47. The second kappa shape index (κ2) is 3.01. The van der Waals surface area contributed by atoms with Crippen molar-refractivity contribution in [1.29, 1.82) is 0 Å². The van der Waals surface area contributed by atoms with Gasteiger partial charge in [-0.2, -0.15) is 0 Å². The Labute approximate surface area is 79.9 Å². The monoisotopic (exact) mass is 198 g/mol. The summed E-state index contributed by atoms with van der Waals surface area (Å²) >= 11 is 5.86. The van der Waals surface area contributed by atoms with E-state index < -0.39 is 12.1 Å². The van der Waals surface area contributed by atoms with Gasteiger partial charge in [0, 0.05) is 10.6 Å². The van der Waals surface area contributed by atoms with E-state index in [9.17, 15) is 4.79 Å². The number of halogens is 1. The molecule has 1 aromatic carbocycles. The maximum atomic E-state index is 10.5. The second-order valence-corrected chi connectivity index (χ2v) is 3.24. The number of hydrogen-bond donors (Lipinski definition) is 1. The summed E-state index contributed by atoms with van der Waals surface area (Å²) in [6.45, 7) is 0. The smallest absolute Gasteiger partial charge is 0.335 e. The SMILES string of the molecule is O=C(O)[C@@H]1O[C@H]1c1ccccc1Cl. The van der Waals surface area contributed by atoms with Gasteiger partial charge in [-0.25, -0.2) is 4.79 Å². The van der Waals surface area contributed by atoms with Gasteiger partial charge in [0.2, 0.25) is 0 Å². The van der Waals surface area contributed by atoms with Crippen LogP contribution in [-0.2, 0) is 9.53 Å². The van der Waals surface area contributed by atoms with Crippen LogP contribution in [0.2, 0.25) is 5.02 Å². The van der Waals surface area contributed by atoms with Crippen LogP contribution >= 0.6 is 11.6 Å². The number of hydrogen-bond acceptors (Lipinski definition) is 2. The summed E-state index contributed by atoms with van der Waals surface area (Å²) < 4.78 is 4.96. The molecule has 0 unspecified atom stereocenters. The summed E-state index contributed by atoms with van der Waals surface area (Å²) in [5.74, 6) is -0.940. The van der Waals surface area contributed by atoms with E-state index in [1.807, 2.05) is 6.07 Å². The molecule has 1 aliphatic rings. The first kappa shape index (κ1) is 8.53. The highest BCUT2D eigenvalue weighted by molar-refractivity contribution is 6.31. The van der Waals surface area contributed by atoms with E-state index in [1.54, 1.807) is 18.2 Å². The van der Waals surface area contributed by atoms with Gasteiger partial charge >= 0.3 is 5.97 Å². The number of benzene rings is 1. The molecule has 1 heterocycles. The second-order valence-electron chi connectivity index (χ2n) is 2.84. The van der Waals surface area contributed by atoms with Crippen molar-refractivity contribution in [1.82, 2.24) is 0 Å². The highest BCUT2D eigenvalue weighted by Crippen LogP contribution is 2.41. The molecule has 2 atom stereocenters. The molecule has 0 aromatic heterocycles. The van der Waals surface area contributed by atoms with Gasteiger partial charge in [0.15, 0.2) is 6.10 Å². The zero-order chi connectivity index (χ0) is 9.42. The molecular weight excluding hydrogens is 192 g/mol. The topological polar surface area (TPSA) is 49.8 Å². The Morgan fingerprint density at radius 3 is 2.69 bits per heavy atom. The van der Waals surface area contributed by atoms with Gasteiger partial charge in [0.05, 0.1) is 0 Å². The van der Waals surface area contributed by atoms with Gasteiger partial charge in [-0.15, -0.1) is 0 Å². The lowest BCUT2D eigenvalue weighted by Crippen LogP contribution is -2.04. The largest absolute Gasteiger partial charge is 0.479 e. The third-order valence-corrected chi connectivity index (χ3v) is 2.29. The van der Waals surface area contributed by atoms with Crippen LogP contribution in [0.4, 0.5) is 0 Å². The number of ether oxygens (including phenoxy) is 1. The molecule has 0 bridgehead atoms. The summed E-state index contributed by atoms with van der Waals surface area (Å²) in [7, 11) is 0. The van der Waals surface area contributed by atoms with Crippen LogP contribution in [0.15, 0.2) is 24.3 Å². The van der Waals surface area contributed by atoms with Gasteiger partial charge in [-0.3, -0.25) is 0 Å². The lowest BCUT2D eigenvalue weighted by molar-refractivity contribution is -0.138. The fourth-order valence-corrected chi connectivity index (χ4v) is 1.49. The number of carbonyl (C=O) groups is 1. The molecule has 1 aliphatic heterocycles. The minimum atomic E-state index is -0.940. The van der Waals surface area contributed by atoms with E-state index >= 15 is 0 Å². The predicted octanol–water partition coefficient (Wildman–Crippen LogP) is 1.86. The first-order valence-corrected chi connectivity index (χ1v) is 4.20. The molecule has 0 amide bonds. The maximum Gasteiger partial charge on any atom is 0.335 e. The van der Waals surface area contributed by atoms with Crippen LogP contribution < -0.4 is 0 Å². The molecule has 1 aromatic rings. The van der Waals surface area contributed by atoms with Crippen molar-refractivity contribution in [2.24, 2.45) is 0 Å². The van der Waals surface area contributed by atoms with Crippen LogP contribution in [0.1, 0.15) is 11.7 Å². The molecule has 1 saturated heterocycles. The van der Waals surface area contributed by atoms with Gasteiger partial charge in [-0.05, 0) is 6.07 Å². The Hall–Kier alpha value is -1.06. The molecule has 0 aliphatic carbocycles. The molecule has 3 nitrogen and oxygen atoms in total. The van der Waals surface area contributed by atoms with Crippen LogP contribution in [-0.4, -0.2) is 17.2 Å². The van der Waals surface area contributed by atoms with Gasteiger partial charge < -0.3 is 9.84 Å². The number of carboxylic acid groups (broad SMARTS) is 1. The fraction of sp³-hybridized carbons (Fsp3) is 0.222. The normalized spacial score (nSPS) is 25.6. The van der Waals surface area contributed by atoms with E-state index in [0.29, 0.717) is 5.02 Å². The van der Waals surface area contributed by atoms with Crippen molar-refractivity contribution in [2.45, 2.75) is 12.2 Å². The van der Waals surface area contributed by atoms with Crippen molar-refractivity contribution in [3.8, 4) is 0 Å².